The van der Waals surface area contributed by atoms with Gasteiger partial charge in [0, 0.05) is 24.7 Å². The quantitative estimate of drug-likeness (QED) is 0.789. The Morgan fingerprint density at radius 1 is 1.27 bits per heavy atom. The Hall–Kier alpha value is -2.61. The van der Waals surface area contributed by atoms with Crippen molar-refractivity contribution in [3.63, 3.8) is 0 Å². The van der Waals surface area contributed by atoms with E-state index in [1.165, 1.54) is 17.9 Å². The van der Waals surface area contributed by atoms with Crippen LogP contribution in [0.2, 0.25) is 0 Å². The molecule has 0 atom stereocenters. The predicted octanol–water partition coefficient (Wildman–Crippen LogP) is 1.85. The zero-order valence-electron chi connectivity index (χ0n) is 15.1. The number of aryl methyl sites for hydroxylation is 2. The zero-order chi connectivity index (χ0) is 18.5. The number of likely N-dealkylation sites (tertiary alicyclic amines) is 1. The lowest BCUT2D eigenvalue weighted by Gasteiger charge is -2.31. The second-order valence-corrected chi connectivity index (χ2v) is 6.71. The van der Waals surface area contributed by atoms with Crippen LogP contribution >= 0.6 is 0 Å². The van der Waals surface area contributed by atoms with Crippen LogP contribution in [0, 0.1) is 19.8 Å². The van der Waals surface area contributed by atoms with Crippen molar-refractivity contribution in [2.75, 3.05) is 25.0 Å². The van der Waals surface area contributed by atoms with Crippen LogP contribution in [-0.4, -0.2) is 41.5 Å². The first-order valence-electron chi connectivity index (χ1n) is 8.79. The van der Waals surface area contributed by atoms with Gasteiger partial charge in [0.25, 0.3) is 0 Å². The summed E-state index contributed by atoms with van der Waals surface area (Å²) in [4.78, 5) is 26.0. The van der Waals surface area contributed by atoms with Crippen LogP contribution in [0.15, 0.2) is 27.3 Å². The lowest BCUT2D eigenvalue weighted by atomic mass is 9.96. The Bertz CT molecular complexity index is 745. The molecule has 1 aliphatic heterocycles. The molecule has 1 fully saturated rings. The van der Waals surface area contributed by atoms with E-state index >= 15 is 0 Å². The van der Waals surface area contributed by atoms with E-state index in [-0.39, 0.29) is 5.82 Å². The summed E-state index contributed by atoms with van der Waals surface area (Å²) in [5.41, 5.74) is 1.23. The van der Waals surface area contributed by atoms with Gasteiger partial charge < -0.3 is 14.3 Å². The lowest BCUT2D eigenvalue weighted by Crippen LogP contribution is -2.41. The van der Waals surface area contributed by atoms with Crippen molar-refractivity contribution < 1.29 is 18.5 Å². The molecule has 2 N–H and O–H groups in total. The van der Waals surface area contributed by atoms with Crippen LogP contribution in [0.4, 0.5) is 5.82 Å². The van der Waals surface area contributed by atoms with E-state index in [2.05, 4.69) is 31.3 Å². The van der Waals surface area contributed by atoms with Crippen molar-refractivity contribution in [1.29, 1.82) is 0 Å². The molecule has 0 unspecified atom stereocenters. The number of aromatic nitrogens is 1. The third-order valence-electron chi connectivity index (χ3n) is 4.68. The molecule has 2 aromatic rings. The molecule has 3 rings (SSSR count). The van der Waals surface area contributed by atoms with Gasteiger partial charge in [-0.15, -0.1) is 0 Å². The van der Waals surface area contributed by atoms with Gasteiger partial charge in [-0.1, -0.05) is 5.16 Å². The molecule has 1 aliphatic rings. The Labute approximate surface area is 151 Å². The van der Waals surface area contributed by atoms with Gasteiger partial charge in [-0.25, -0.2) is 0 Å². The topological polar surface area (TPSA) is 101 Å². The number of hydrogen-bond donors (Lipinski definition) is 2. The van der Waals surface area contributed by atoms with Crippen molar-refractivity contribution in [1.82, 2.24) is 15.4 Å². The van der Waals surface area contributed by atoms with Gasteiger partial charge in [-0.05, 0) is 51.8 Å². The van der Waals surface area contributed by atoms with Gasteiger partial charge in [-0.2, -0.15) is 0 Å². The molecular weight excluding hydrogens is 336 g/mol. The summed E-state index contributed by atoms with van der Waals surface area (Å²) in [6.07, 6.45) is 3.30. The average Bonchev–Trinajstić information content (AvgIpc) is 3.23. The molecule has 0 aromatic carbocycles. The third-order valence-corrected chi connectivity index (χ3v) is 4.68. The highest BCUT2D eigenvalue weighted by Gasteiger charge is 2.22. The van der Waals surface area contributed by atoms with Crippen molar-refractivity contribution >= 4 is 17.6 Å². The van der Waals surface area contributed by atoms with E-state index in [1.54, 1.807) is 0 Å². The van der Waals surface area contributed by atoms with E-state index in [9.17, 15) is 9.59 Å². The minimum atomic E-state index is -0.734. The molecule has 140 valence electrons. The summed E-state index contributed by atoms with van der Waals surface area (Å²) >= 11 is 0. The number of anilines is 1. The van der Waals surface area contributed by atoms with E-state index in [0.29, 0.717) is 12.5 Å². The van der Waals surface area contributed by atoms with E-state index in [4.69, 9.17) is 4.42 Å². The molecule has 8 heteroatoms. The van der Waals surface area contributed by atoms with E-state index < -0.39 is 11.8 Å². The standard InChI is InChI=1S/C18H24N4O4/c1-12-9-15(13(2)26-12)11-22-6-3-14(4-7-22)10-19-17(23)18(24)20-16-5-8-25-21-16/h5,8-9,14H,3-4,6-7,10-11H2,1-2H3,(H,19,23)(H,20,21,24). The summed E-state index contributed by atoms with van der Waals surface area (Å²) in [6, 6.07) is 3.57. The van der Waals surface area contributed by atoms with Crippen molar-refractivity contribution in [2.45, 2.75) is 33.2 Å². The second-order valence-electron chi connectivity index (χ2n) is 6.71. The van der Waals surface area contributed by atoms with Crippen LogP contribution in [0.1, 0.15) is 29.9 Å². The first kappa shape index (κ1) is 18.2. The largest absolute Gasteiger partial charge is 0.466 e. The fourth-order valence-corrected chi connectivity index (χ4v) is 3.20. The zero-order valence-corrected chi connectivity index (χ0v) is 15.1. The SMILES string of the molecule is Cc1cc(CN2CCC(CNC(=O)C(=O)Nc3ccon3)CC2)c(C)o1. The molecule has 0 radical (unpaired) electrons. The van der Waals surface area contributed by atoms with Crippen LogP contribution < -0.4 is 10.6 Å². The van der Waals surface area contributed by atoms with Crippen molar-refractivity contribution in [3.05, 3.63) is 35.5 Å². The van der Waals surface area contributed by atoms with Gasteiger partial charge >= 0.3 is 11.8 Å². The highest BCUT2D eigenvalue weighted by atomic mass is 16.5. The molecule has 2 amide bonds. The molecule has 0 spiro atoms. The molecule has 0 aliphatic carbocycles. The Balaban J connectivity index is 1.38. The predicted molar refractivity (Wildman–Crippen MR) is 94.3 cm³/mol. The van der Waals surface area contributed by atoms with Crippen molar-refractivity contribution in [2.24, 2.45) is 5.92 Å². The molecule has 0 saturated carbocycles. The number of furan rings is 1. The molecule has 2 aromatic heterocycles. The summed E-state index contributed by atoms with van der Waals surface area (Å²) < 4.78 is 10.2. The van der Waals surface area contributed by atoms with E-state index in [1.807, 2.05) is 13.8 Å². The maximum Gasteiger partial charge on any atom is 0.314 e. The molecule has 26 heavy (non-hydrogen) atoms. The van der Waals surface area contributed by atoms with Gasteiger partial charge in [0.2, 0.25) is 0 Å². The van der Waals surface area contributed by atoms with Gasteiger partial charge in [-0.3, -0.25) is 19.8 Å². The first-order chi connectivity index (χ1) is 12.5. The number of piperidine rings is 1. The Morgan fingerprint density at radius 3 is 2.65 bits per heavy atom. The third kappa shape index (κ3) is 4.72. The number of hydrogen-bond acceptors (Lipinski definition) is 6. The molecule has 0 bridgehead atoms. The highest BCUT2D eigenvalue weighted by molar-refractivity contribution is 6.39. The maximum absolute atomic E-state index is 11.9. The maximum atomic E-state index is 11.9. The van der Waals surface area contributed by atoms with Gasteiger partial charge in [0.05, 0.1) is 0 Å². The van der Waals surface area contributed by atoms with Crippen molar-refractivity contribution in [3.8, 4) is 0 Å². The first-order valence-corrected chi connectivity index (χ1v) is 8.79. The average molecular weight is 360 g/mol. The van der Waals surface area contributed by atoms with Crippen LogP contribution in [0.3, 0.4) is 0 Å². The number of nitrogens with zero attached hydrogens (tertiary/aromatic N) is 2. The van der Waals surface area contributed by atoms with Crippen LogP contribution in [-0.2, 0) is 16.1 Å². The number of carbonyl (C=O) groups is 2. The Morgan fingerprint density at radius 2 is 2.04 bits per heavy atom. The molecule has 8 nitrogen and oxygen atoms in total. The summed E-state index contributed by atoms with van der Waals surface area (Å²) in [6.45, 7) is 7.29. The second kappa shape index (κ2) is 8.18. The molecule has 1 saturated heterocycles. The monoisotopic (exact) mass is 360 g/mol. The normalized spacial score (nSPS) is 15.8. The molecular formula is C18H24N4O4. The fourth-order valence-electron chi connectivity index (χ4n) is 3.20. The summed E-state index contributed by atoms with van der Waals surface area (Å²) in [5, 5.41) is 8.62. The summed E-state index contributed by atoms with van der Waals surface area (Å²) in [5.74, 6) is 1.14. The number of carbonyl (C=O) groups excluding carboxylic acids is 2. The van der Waals surface area contributed by atoms with Gasteiger partial charge in [0.15, 0.2) is 5.82 Å². The molecule has 3 heterocycles. The number of amides is 2. The van der Waals surface area contributed by atoms with E-state index in [0.717, 1.165) is 44.0 Å². The smallest absolute Gasteiger partial charge is 0.314 e. The minimum Gasteiger partial charge on any atom is -0.466 e. The lowest BCUT2D eigenvalue weighted by molar-refractivity contribution is -0.136. The minimum absolute atomic E-state index is 0.225. The van der Waals surface area contributed by atoms with Crippen LogP contribution in [0.5, 0.6) is 0 Å². The highest BCUT2D eigenvalue weighted by Crippen LogP contribution is 2.21. The number of nitrogens with one attached hydrogen (secondary N) is 2. The van der Waals surface area contributed by atoms with Crippen LogP contribution in [0.25, 0.3) is 0 Å². The Kier molecular flexibility index (Phi) is 5.72. The van der Waals surface area contributed by atoms with Gasteiger partial charge in [0.1, 0.15) is 17.8 Å². The fraction of sp³-hybridized carbons (Fsp3) is 0.500. The number of rotatable bonds is 5. The summed E-state index contributed by atoms with van der Waals surface area (Å²) in [7, 11) is 0.